The third-order valence-electron chi connectivity index (χ3n) is 4.01. The third-order valence-corrected chi connectivity index (χ3v) is 10.6. The minimum Gasteiger partial charge on any atom is -0.418 e. The molecule has 35 heavy (non-hydrogen) atoms. The molecule has 0 spiro atoms. The van der Waals surface area contributed by atoms with Crippen LogP contribution in [0.2, 0.25) is 0 Å². The van der Waals surface area contributed by atoms with Crippen molar-refractivity contribution >= 4 is 67.4 Å². The molecule has 0 saturated heterocycles. The van der Waals surface area contributed by atoms with Gasteiger partial charge in [0.15, 0.2) is 0 Å². The first-order valence-electron chi connectivity index (χ1n) is 10.4. The number of halogens is 8. The van der Waals surface area contributed by atoms with Crippen LogP contribution in [-0.4, -0.2) is 67.8 Å². The van der Waals surface area contributed by atoms with Crippen LogP contribution in [0.15, 0.2) is 48.5 Å². The van der Waals surface area contributed by atoms with Gasteiger partial charge in [-0.25, -0.2) is 0 Å². The van der Waals surface area contributed by atoms with E-state index in [1.165, 1.54) is 0 Å². The van der Waals surface area contributed by atoms with E-state index in [2.05, 4.69) is 102 Å². The summed E-state index contributed by atoms with van der Waals surface area (Å²) in [5.41, 5.74) is 0. The topological polar surface area (TPSA) is 0 Å². The molecule has 0 saturated carbocycles. The fourth-order valence-electron chi connectivity index (χ4n) is 2.71. The minimum atomic E-state index is -6.00. The predicted octanol–water partition coefficient (Wildman–Crippen LogP) is 6.37. The Morgan fingerprint density at radius 1 is 0.400 bits per heavy atom. The zero-order valence-corrected chi connectivity index (χ0v) is 26.1. The first-order valence-corrected chi connectivity index (χ1v) is 20.4. The minimum absolute atomic E-state index is 0. The second-order valence-electron chi connectivity index (χ2n) is 8.08. The Bertz CT molecular complexity index is 687. The van der Waals surface area contributed by atoms with Crippen LogP contribution >= 0.6 is 31.7 Å². The molecule has 0 heterocycles. The molecule has 0 fully saturated rings. The summed E-state index contributed by atoms with van der Waals surface area (Å²) >= 11 is 0. The molecule has 0 amide bonds. The van der Waals surface area contributed by atoms with E-state index in [9.17, 15) is 34.5 Å². The summed E-state index contributed by atoms with van der Waals surface area (Å²) in [4.78, 5) is 0. The molecule has 2 rings (SSSR count). The summed E-state index contributed by atoms with van der Waals surface area (Å²) < 4.78 is 78.0. The van der Waals surface area contributed by atoms with E-state index in [0.717, 1.165) is 0 Å². The van der Waals surface area contributed by atoms with Gasteiger partial charge in [-0.15, -0.1) is 0 Å². The first kappa shape index (κ1) is 39.7. The maximum absolute atomic E-state index is 9.75. The molecule has 0 unspecified atom stereocenters. The Morgan fingerprint density at radius 2 is 0.514 bits per heavy atom. The molecule has 0 nitrogen and oxygen atoms in total. The number of hydrogen-bond acceptors (Lipinski definition) is 0. The number of rotatable bonds is 4. The summed E-state index contributed by atoms with van der Waals surface area (Å²) in [6, 6.07) is 17.9. The van der Waals surface area contributed by atoms with Crippen molar-refractivity contribution in [2.45, 2.75) is 0 Å². The zero-order chi connectivity index (χ0) is 27.3. The molecule has 0 aliphatic rings. The van der Waals surface area contributed by atoms with Crippen LogP contribution < -0.4 is 21.2 Å². The molecule has 0 aliphatic heterocycles. The maximum atomic E-state index is 9.75. The Kier molecular flexibility index (Phi) is 21.9. The summed E-state index contributed by atoms with van der Waals surface area (Å²) in [6.07, 6.45) is 0. The van der Waals surface area contributed by atoms with Crippen molar-refractivity contribution in [1.82, 2.24) is 0 Å². The van der Waals surface area contributed by atoms with Crippen molar-refractivity contribution in [2.24, 2.45) is 0 Å². The van der Waals surface area contributed by atoms with Crippen molar-refractivity contribution in [3.63, 3.8) is 0 Å². The Balaban J connectivity index is -0.000000419. The van der Waals surface area contributed by atoms with Gasteiger partial charge >= 0.3 is 31.0 Å². The van der Waals surface area contributed by atoms with Crippen molar-refractivity contribution < 1.29 is 51.0 Å². The molecule has 0 N–H and O–H groups in total. The molecule has 2 aromatic carbocycles. The molecule has 0 aromatic heterocycles. The molecule has 0 atom stereocenters. The largest absolute Gasteiger partial charge is 2.00 e. The Hall–Kier alpha value is 0.223. The van der Waals surface area contributed by atoms with Crippen molar-refractivity contribution in [2.75, 3.05) is 53.3 Å². The molecule has 0 aliphatic carbocycles. The second kappa shape index (κ2) is 19.3. The predicted molar refractivity (Wildman–Crippen MR) is 152 cm³/mol. The molecule has 204 valence electrons. The summed E-state index contributed by atoms with van der Waals surface area (Å²) in [7, 11) is -13.0. The third kappa shape index (κ3) is 24.3. The van der Waals surface area contributed by atoms with Gasteiger partial charge in [0.1, 0.15) is 21.2 Å². The normalized spacial score (nSPS) is 11.1. The SMILES string of the molecule is C[PH+](C)c1ccccc1[PH+](C)C.C[PH+](C)c1ccccc1[PH+](C)C.F[B-](F)(F)F.F[B-](F)(F)F.[Ni+2]. The average molecular weight is 633 g/mol. The smallest absolute Gasteiger partial charge is 0.418 e. The van der Waals surface area contributed by atoms with Crippen LogP contribution in [0.1, 0.15) is 0 Å². The summed E-state index contributed by atoms with van der Waals surface area (Å²) in [6.45, 7) is 19.0. The summed E-state index contributed by atoms with van der Waals surface area (Å²) in [5.74, 6) is 0. The van der Waals surface area contributed by atoms with Gasteiger partial charge in [0.25, 0.3) is 0 Å². The van der Waals surface area contributed by atoms with E-state index >= 15 is 0 Å². The van der Waals surface area contributed by atoms with Crippen LogP contribution in [0.3, 0.4) is 0 Å². The van der Waals surface area contributed by atoms with Gasteiger partial charge < -0.3 is 34.5 Å². The van der Waals surface area contributed by atoms with Crippen molar-refractivity contribution in [1.29, 1.82) is 0 Å². The number of benzene rings is 2. The van der Waals surface area contributed by atoms with E-state index in [-0.39, 0.29) is 48.2 Å². The molecule has 2 aromatic rings. The van der Waals surface area contributed by atoms with Crippen LogP contribution in [-0.2, 0) is 16.5 Å². The fraction of sp³-hybridized carbons (Fsp3) is 0.400. The average Bonchev–Trinajstić information content (AvgIpc) is 2.65. The van der Waals surface area contributed by atoms with Gasteiger partial charge in [-0.05, 0) is 24.3 Å². The van der Waals surface area contributed by atoms with E-state index in [4.69, 9.17) is 0 Å². The van der Waals surface area contributed by atoms with Gasteiger partial charge in [0, 0.05) is 31.7 Å². The molecule has 15 heteroatoms. The van der Waals surface area contributed by atoms with Gasteiger partial charge in [0.05, 0.1) is 53.3 Å². The molecule has 0 bridgehead atoms. The molecular weight excluding hydrogens is 596 g/mol. The van der Waals surface area contributed by atoms with Crippen LogP contribution in [0.25, 0.3) is 0 Å². The van der Waals surface area contributed by atoms with Crippen LogP contribution in [0.4, 0.5) is 34.5 Å². The van der Waals surface area contributed by atoms with Crippen molar-refractivity contribution in [3.05, 3.63) is 48.5 Å². The van der Waals surface area contributed by atoms with Gasteiger partial charge in [-0.3, -0.25) is 0 Å². The van der Waals surface area contributed by atoms with E-state index in [0.29, 0.717) is 0 Å². The number of hydrogen-bond donors (Lipinski definition) is 0. The van der Waals surface area contributed by atoms with E-state index in [1.54, 1.807) is 21.2 Å². The second-order valence-corrected chi connectivity index (χ2v) is 18.2. The Morgan fingerprint density at radius 3 is 0.600 bits per heavy atom. The quantitative estimate of drug-likeness (QED) is 0.209. The van der Waals surface area contributed by atoms with Gasteiger partial charge in [0.2, 0.25) is 0 Å². The van der Waals surface area contributed by atoms with Gasteiger partial charge in [-0.1, -0.05) is 24.3 Å². The van der Waals surface area contributed by atoms with Crippen LogP contribution in [0, 0.1) is 0 Å². The van der Waals surface area contributed by atoms with E-state index in [1.807, 2.05) is 0 Å². The standard InChI is InChI=1S/2C10H16P2.2BF4.Ni/c2*1-11(2)9-7-5-6-8-10(9)12(3)4;2*2-1(3,4)5;/h2*5-8H,1-4H3;;;/q;;2*-1;+2/p+4. The van der Waals surface area contributed by atoms with E-state index < -0.39 is 14.5 Å². The molecular formula is C20H36B2F8NiP4+4. The zero-order valence-electron chi connectivity index (χ0n) is 21.1. The monoisotopic (exact) mass is 632 g/mol. The Labute approximate surface area is 220 Å². The fourth-order valence-corrected chi connectivity index (χ4v) is 9.92. The summed E-state index contributed by atoms with van der Waals surface area (Å²) in [5, 5.41) is 6.56. The molecule has 0 radical (unpaired) electrons. The van der Waals surface area contributed by atoms with Crippen molar-refractivity contribution in [3.8, 4) is 0 Å². The first-order chi connectivity index (χ1) is 15.3. The van der Waals surface area contributed by atoms with Gasteiger partial charge in [-0.2, -0.15) is 0 Å². The van der Waals surface area contributed by atoms with Crippen LogP contribution in [0.5, 0.6) is 0 Å². The maximum Gasteiger partial charge on any atom is 2.00 e.